The molecular weight excluding hydrogens is 256 g/mol. The highest BCUT2D eigenvalue weighted by molar-refractivity contribution is 5.68. The molecular formula is C14H22N4O2. The lowest BCUT2D eigenvalue weighted by Crippen LogP contribution is -2.47. The van der Waals surface area contributed by atoms with Crippen LogP contribution in [0.3, 0.4) is 0 Å². The number of carbonyl (C=O) groups is 1. The largest absolute Gasteiger partial charge is 0.444 e. The van der Waals surface area contributed by atoms with Crippen molar-refractivity contribution in [3.8, 4) is 0 Å². The van der Waals surface area contributed by atoms with Crippen LogP contribution in [0.2, 0.25) is 0 Å². The zero-order valence-electron chi connectivity index (χ0n) is 12.3. The maximum absolute atomic E-state index is 12.1. The van der Waals surface area contributed by atoms with Gasteiger partial charge in [-0.3, -0.25) is 0 Å². The van der Waals surface area contributed by atoms with Crippen LogP contribution in [0.4, 0.5) is 10.7 Å². The van der Waals surface area contributed by atoms with Gasteiger partial charge in [-0.05, 0) is 39.7 Å². The van der Waals surface area contributed by atoms with Crippen LogP contribution in [-0.4, -0.2) is 45.7 Å². The molecule has 6 nitrogen and oxygen atoms in total. The molecule has 0 saturated carbocycles. The number of hydrogen-bond acceptors (Lipinski definition) is 5. The van der Waals surface area contributed by atoms with Gasteiger partial charge in [0.15, 0.2) is 0 Å². The first-order chi connectivity index (χ1) is 9.44. The second-order valence-corrected chi connectivity index (χ2v) is 5.98. The molecule has 0 spiro atoms. The first-order valence-electron chi connectivity index (χ1n) is 6.95. The zero-order chi connectivity index (χ0) is 14.6. The Bertz CT molecular complexity index is 444. The molecule has 1 aliphatic rings. The highest BCUT2D eigenvalue weighted by Crippen LogP contribution is 2.17. The van der Waals surface area contributed by atoms with Gasteiger partial charge in [0.2, 0.25) is 5.95 Å². The van der Waals surface area contributed by atoms with Crippen LogP contribution in [0, 0.1) is 0 Å². The van der Waals surface area contributed by atoms with Gasteiger partial charge in [-0.1, -0.05) is 0 Å². The van der Waals surface area contributed by atoms with E-state index in [0.717, 1.165) is 19.4 Å². The number of nitrogens with zero attached hydrogens (tertiary/aromatic N) is 3. The molecule has 2 heterocycles. The van der Waals surface area contributed by atoms with Crippen molar-refractivity contribution in [2.75, 3.05) is 18.4 Å². The Morgan fingerprint density at radius 1 is 1.40 bits per heavy atom. The summed E-state index contributed by atoms with van der Waals surface area (Å²) in [6.07, 6.45) is 5.09. The van der Waals surface area contributed by atoms with Gasteiger partial charge in [0, 0.05) is 31.5 Å². The fraction of sp³-hybridized carbons (Fsp3) is 0.643. The molecule has 1 aliphatic heterocycles. The Balaban J connectivity index is 1.90. The number of ether oxygens (including phenoxy) is 1. The molecule has 0 radical (unpaired) electrons. The molecule has 1 atom stereocenters. The molecule has 2 rings (SSSR count). The molecule has 6 heteroatoms. The van der Waals surface area contributed by atoms with Crippen molar-refractivity contribution >= 4 is 12.0 Å². The van der Waals surface area contributed by atoms with Crippen LogP contribution in [0.25, 0.3) is 0 Å². The summed E-state index contributed by atoms with van der Waals surface area (Å²) in [5, 5.41) is 3.26. The summed E-state index contributed by atoms with van der Waals surface area (Å²) in [5.74, 6) is 0.600. The number of piperidine rings is 1. The fourth-order valence-electron chi connectivity index (χ4n) is 2.14. The van der Waals surface area contributed by atoms with Crippen molar-refractivity contribution in [3.63, 3.8) is 0 Å². The van der Waals surface area contributed by atoms with Crippen LogP contribution < -0.4 is 5.32 Å². The Morgan fingerprint density at radius 3 is 2.75 bits per heavy atom. The Hall–Kier alpha value is -1.85. The second-order valence-electron chi connectivity index (χ2n) is 5.98. The second kappa shape index (κ2) is 6.07. The van der Waals surface area contributed by atoms with Crippen molar-refractivity contribution in [2.45, 2.75) is 45.3 Å². The number of amides is 1. The topological polar surface area (TPSA) is 67.3 Å². The van der Waals surface area contributed by atoms with Gasteiger partial charge in [0.1, 0.15) is 5.60 Å². The lowest BCUT2D eigenvalue weighted by molar-refractivity contribution is 0.0206. The van der Waals surface area contributed by atoms with Crippen molar-refractivity contribution < 1.29 is 9.53 Å². The predicted octanol–water partition coefficient (Wildman–Crippen LogP) is 2.29. The third-order valence-electron chi connectivity index (χ3n) is 2.97. The maximum atomic E-state index is 12.1. The number of likely N-dealkylation sites (tertiary alicyclic amines) is 1. The number of hydrogen-bond donors (Lipinski definition) is 1. The molecule has 0 aromatic carbocycles. The van der Waals surface area contributed by atoms with E-state index in [1.807, 2.05) is 20.8 Å². The molecule has 20 heavy (non-hydrogen) atoms. The van der Waals surface area contributed by atoms with Crippen molar-refractivity contribution in [1.82, 2.24) is 14.9 Å². The van der Waals surface area contributed by atoms with Gasteiger partial charge in [-0.2, -0.15) is 0 Å². The van der Waals surface area contributed by atoms with Gasteiger partial charge in [0.05, 0.1) is 0 Å². The van der Waals surface area contributed by atoms with Gasteiger partial charge in [0.25, 0.3) is 0 Å². The van der Waals surface area contributed by atoms with Crippen LogP contribution in [0.15, 0.2) is 18.5 Å². The number of nitrogens with one attached hydrogen (secondary N) is 1. The standard InChI is InChI=1S/C14H22N4O2/c1-14(2,3)20-13(19)18-9-4-6-11(10-18)17-12-15-7-5-8-16-12/h5,7-8,11H,4,6,9-10H2,1-3H3,(H,15,16,17)/t11-/m0/s1. The Morgan fingerprint density at radius 2 is 2.10 bits per heavy atom. The lowest BCUT2D eigenvalue weighted by Gasteiger charge is -2.34. The van der Waals surface area contributed by atoms with Crippen molar-refractivity contribution in [3.05, 3.63) is 18.5 Å². The molecule has 1 amide bonds. The Labute approximate surface area is 119 Å². The summed E-state index contributed by atoms with van der Waals surface area (Å²) in [5.41, 5.74) is -0.458. The van der Waals surface area contributed by atoms with E-state index >= 15 is 0 Å². The molecule has 1 N–H and O–H groups in total. The smallest absolute Gasteiger partial charge is 0.410 e. The minimum Gasteiger partial charge on any atom is -0.444 e. The maximum Gasteiger partial charge on any atom is 0.410 e. The van der Waals surface area contributed by atoms with Crippen LogP contribution in [0.1, 0.15) is 33.6 Å². The molecule has 0 unspecified atom stereocenters. The van der Waals surface area contributed by atoms with E-state index in [-0.39, 0.29) is 12.1 Å². The molecule has 110 valence electrons. The minimum absolute atomic E-state index is 0.165. The number of carbonyl (C=O) groups excluding carboxylic acids is 1. The number of rotatable bonds is 2. The first kappa shape index (κ1) is 14.6. The molecule has 0 bridgehead atoms. The van der Waals surface area contributed by atoms with E-state index in [1.54, 1.807) is 23.4 Å². The van der Waals surface area contributed by atoms with E-state index in [2.05, 4.69) is 15.3 Å². The normalized spacial score (nSPS) is 19.6. The van der Waals surface area contributed by atoms with E-state index in [1.165, 1.54) is 0 Å². The quantitative estimate of drug-likeness (QED) is 0.899. The summed E-state index contributed by atoms with van der Waals surface area (Å²) in [6, 6.07) is 1.94. The van der Waals surface area contributed by atoms with E-state index < -0.39 is 5.60 Å². The average Bonchev–Trinajstić information content (AvgIpc) is 2.38. The summed E-state index contributed by atoms with van der Waals surface area (Å²) >= 11 is 0. The van der Waals surface area contributed by atoms with Gasteiger partial charge in [-0.25, -0.2) is 14.8 Å². The molecule has 0 aliphatic carbocycles. The van der Waals surface area contributed by atoms with Crippen LogP contribution >= 0.6 is 0 Å². The van der Waals surface area contributed by atoms with Crippen LogP contribution in [0.5, 0.6) is 0 Å². The van der Waals surface area contributed by atoms with Crippen LogP contribution in [-0.2, 0) is 4.74 Å². The molecule has 1 aromatic rings. The third-order valence-corrected chi connectivity index (χ3v) is 2.97. The monoisotopic (exact) mass is 278 g/mol. The first-order valence-corrected chi connectivity index (χ1v) is 6.95. The molecule has 1 fully saturated rings. The minimum atomic E-state index is -0.458. The summed E-state index contributed by atoms with van der Waals surface area (Å²) in [7, 11) is 0. The summed E-state index contributed by atoms with van der Waals surface area (Å²) < 4.78 is 5.40. The van der Waals surface area contributed by atoms with E-state index in [9.17, 15) is 4.79 Å². The van der Waals surface area contributed by atoms with Crippen molar-refractivity contribution in [2.24, 2.45) is 0 Å². The summed E-state index contributed by atoms with van der Waals surface area (Å²) in [6.45, 7) is 6.99. The van der Waals surface area contributed by atoms with Gasteiger partial charge < -0.3 is 15.0 Å². The zero-order valence-corrected chi connectivity index (χ0v) is 12.3. The molecule has 1 aromatic heterocycles. The van der Waals surface area contributed by atoms with Gasteiger partial charge in [-0.15, -0.1) is 0 Å². The van der Waals surface area contributed by atoms with E-state index in [0.29, 0.717) is 12.5 Å². The third kappa shape index (κ3) is 4.36. The van der Waals surface area contributed by atoms with Gasteiger partial charge >= 0.3 is 6.09 Å². The highest BCUT2D eigenvalue weighted by Gasteiger charge is 2.27. The van der Waals surface area contributed by atoms with Crippen molar-refractivity contribution in [1.29, 1.82) is 0 Å². The number of anilines is 1. The summed E-state index contributed by atoms with van der Waals surface area (Å²) in [4.78, 5) is 22.1. The highest BCUT2D eigenvalue weighted by atomic mass is 16.6. The molecule has 1 saturated heterocycles. The SMILES string of the molecule is CC(C)(C)OC(=O)N1CCC[C@H](Nc2ncccn2)C1. The fourth-order valence-corrected chi connectivity index (χ4v) is 2.14. The Kier molecular flexibility index (Phi) is 4.42. The van der Waals surface area contributed by atoms with E-state index in [4.69, 9.17) is 4.74 Å². The number of aromatic nitrogens is 2. The lowest BCUT2D eigenvalue weighted by atomic mass is 10.1. The predicted molar refractivity (Wildman–Crippen MR) is 76.5 cm³/mol. The average molecular weight is 278 g/mol.